The van der Waals surface area contributed by atoms with E-state index in [9.17, 15) is 4.79 Å². The normalized spacial score (nSPS) is 12.1. The van der Waals surface area contributed by atoms with E-state index in [1.54, 1.807) is 12.4 Å². The summed E-state index contributed by atoms with van der Waals surface area (Å²) in [4.78, 5) is 15.9. The molecule has 82 valence electrons. The minimum Gasteiger partial charge on any atom is -0.397 e. The molecule has 0 fully saturated rings. The molecule has 6 heteroatoms. The number of aromatic nitrogens is 1. The highest BCUT2D eigenvalue weighted by Crippen LogP contribution is 2.25. The van der Waals surface area contributed by atoms with E-state index in [-0.39, 0.29) is 11.8 Å². The lowest BCUT2D eigenvalue weighted by Gasteiger charge is -2.09. The van der Waals surface area contributed by atoms with Crippen LogP contribution in [0, 0.1) is 5.92 Å². The molecule has 0 aliphatic heterocycles. The van der Waals surface area contributed by atoms with Crippen molar-refractivity contribution in [1.29, 1.82) is 0 Å². The first-order chi connectivity index (χ1) is 7.15. The van der Waals surface area contributed by atoms with Gasteiger partial charge in [-0.1, -0.05) is 6.92 Å². The fraction of sp³-hybridized carbons (Fsp3) is 0.333. The maximum absolute atomic E-state index is 11.1. The molecule has 0 spiro atoms. The second-order valence-electron chi connectivity index (χ2n) is 3.13. The quantitative estimate of drug-likeness (QED) is 0.299. The van der Waals surface area contributed by atoms with E-state index < -0.39 is 0 Å². The van der Waals surface area contributed by atoms with Gasteiger partial charge in [0.2, 0.25) is 5.91 Å². The number of nitrogens with zero attached hydrogens (tertiary/aromatic N) is 1. The lowest BCUT2D eigenvalue weighted by atomic mass is 10.2. The Hall–Kier alpha value is -1.27. The van der Waals surface area contributed by atoms with E-state index >= 15 is 0 Å². The second kappa shape index (κ2) is 5.57. The Bertz CT molecular complexity index is 345. The average molecular weight is 226 g/mol. The number of pyridine rings is 1. The third-order valence-corrected chi connectivity index (χ3v) is 3.24. The Labute approximate surface area is 92.6 Å². The highest BCUT2D eigenvalue weighted by molar-refractivity contribution is 7.99. The number of hydrogen-bond acceptors (Lipinski definition) is 5. The summed E-state index contributed by atoms with van der Waals surface area (Å²) in [6.45, 7) is 1.81. The number of hydrogen-bond donors (Lipinski definition) is 3. The maximum atomic E-state index is 11.1. The van der Waals surface area contributed by atoms with Gasteiger partial charge in [-0.15, -0.1) is 11.8 Å². The van der Waals surface area contributed by atoms with Gasteiger partial charge in [0.05, 0.1) is 11.9 Å². The van der Waals surface area contributed by atoms with Gasteiger partial charge in [-0.3, -0.25) is 15.2 Å². The van der Waals surface area contributed by atoms with E-state index in [1.165, 1.54) is 11.8 Å². The number of hydrazine groups is 1. The van der Waals surface area contributed by atoms with Crippen LogP contribution in [0.5, 0.6) is 0 Å². The van der Waals surface area contributed by atoms with Gasteiger partial charge in [0.15, 0.2) is 0 Å². The molecule has 0 saturated heterocycles. The molecule has 1 heterocycles. The molecule has 1 aromatic heterocycles. The molecular weight excluding hydrogens is 212 g/mol. The molecule has 15 heavy (non-hydrogen) atoms. The molecule has 1 atom stereocenters. The number of rotatable bonds is 4. The molecule has 1 unspecified atom stereocenters. The lowest BCUT2D eigenvalue weighted by molar-refractivity contribution is -0.123. The standard InChI is InChI=1S/C9H14N4OS/c1-6(9(14)13-11)5-15-8-2-3-12-4-7(8)10/h2-4,6H,5,10-11H2,1H3,(H,13,14). The van der Waals surface area contributed by atoms with Crippen molar-refractivity contribution >= 4 is 23.4 Å². The Morgan fingerprint density at radius 2 is 2.47 bits per heavy atom. The van der Waals surface area contributed by atoms with Crippen LogP contribution in [0.2, 0.25) is 0 Å². The first kappa shape index (κ1) is 11.8. The highest BCUT2D eigenvalue weighted by atomic mass is 32.2. The zero-order chi connectivity index (χ0) is 11.3. The van der Waals surface area contributed by atoms with E-state index in [1.807, 2.05) is 13.0 Å². The van der Waals surface area contributed by atoms with E-state index in [2.05, 4.69) is 10.4 Å². The highest BCUT2D eigenvalue weighted by Gasteiger charge is 2.12. The molecule has 0 radical (unpaired) electrons. The summed E-state index contributed by atoms with van der Waals surface area (Å²) in [5, 5.41) is 0. The van der Waals surface area contributed by atoms with Crippen LogP contribution in [0.25, 0.3) is 0 Å². The number of amides is 1. The topological polar surface area (TPSA) is 94.0 Å². The van der Waals surface area contributed by atoms with Gasteiger partial charge >= 0.3 is 0 Å². The van der Waals surface area contributed by atoms with Crippen molar-refractivity contribution in [1.82, 2.24) is 10.4 Å². The molecule has 1 rings (SSSR count). The summed E-state index contributed by atoms with van der Waals surface area (Å²) < 4.78 is 0. The van der Waals surface area contributed by atoms with Crippen LogP contribution in [0.3, 0.4) is 0 Å². The first-order valence-electron chi connectivity index (χ1n) is 4.48. The molecule has 0 bridgehead atoms. The predicted molar refractivity (Wildman–Crippen MR) is 60.9 cm³/mol. The Kier molecular flexibility index (Phi) is 4.38. The zero-order valence-corrected chi connectivity index (χ0v) is 9.25. The summed E-state index contributed by atoms with van der Waals surface area (Å²) in [5.74, 6) is 5.35. The van der Waals surface area contributed by atoms with Gasteiger partial charge in [-0.25, -0.2) is 5.84 Å². The second-order valence-corrected chi connectivity index (χ2v) is 4.20. The largest absolute Gasteiger partial charge is 0.397 e. The summed E-state index contributed by atoms with van der Waals surface area (Å²) in [6.07, 6.45) is 3.27. The van der Waals surface area contributed by atoms with Gasteiger partial charge < -0.3 is 5.73 Å². The summed E-state index contributed by atoms with van der Waals surface area (Å²) in [6, 6.07) is 1.83. The van der Waals surface area contributed by atoms with Crippen LogP contribution in [-0.4, -0.2) is 16.6 Å². The lowest BCUT2D eigenvalue weighted by Crippen LogP contribution is -2.35. The summed E-state index contributed by atoms with van der Waals surface area (Å²) in [7, 11) is 0. The third kappa shape index (κ3) is 3.41. The van der Waals surface area contributed by atoms with E-state index in [4.69, 9.17) is 11.6 Å². The van der Waals surface area contributed by atoms with Crippen molar-refractivity contribution in [2.45, 2.75) is 11.8 Å². The van der Waals surface area contributed by atoms with Crippen LogP contribution in [0.4, 0.5) is 5.69 Å². The number of thioether (sulfide) groups is 1. The molecular formula is C9H14N4OS. The molecule has 5 N–H and O–H groups in total. The monoisotopic (exact) mass is 226 g/mol. The molecule has 5 nitrogen and oxygen atoms in total. The van der Waals surface area contributed by atoms with Crippen molar-refractivity contribution in [2.24, 2.45) is 11.8 Å². The molecule has 0 aliphatic carbocycles. The predicted octanol–water partition coefficient (Wildman–Crippen LogP) is 0.382. The van der Waals surface area contributed by atoms with Gasteiger partial charge in [-0.05, 0) is 6.07 Å². The molecule has 0 aromatic carbocycles. The van der Waals surface area contributed by atoms with Crippen molar-refractivity contribution < 1.29 is 4.79 Å². The van der Waals surface area contributed by atoms with Gasteiger partial charge in [0.1, 0.15) is 0 Å². The maximum Gasteiger partial charge on any atom is 0.237 e. The van der Waals surface area contributed by atoms with Crippen molar-refractivity contribution in [3.63, 3.8) is 0 Å². The van der Waals surface area contributed by atoms with Crippen LogP contribution < -0.4 is 17.0 Å². The average Bonchev–Trinajstić information content (AvgIpc) is 2.26. The Morgan fingerprint density at radius 3 is 3.07 bits per heavy atom. The van der Waals surface area contributed by atoms with Crippen LogP contribution in [0.1, 0.15) is 6.92 Å². The fourth-order valence-corrected chi connectivity index (χ4v) is 1.92. The van der Waals surface area contributed by atoms with E-state index in [0.717, 1.165) is 4.90 Å². The Balaban J connectivity index is 2.50. The summed E-state index contributed by atoms with van der Waals surface area (Å²) in [5.41, 5.74) is 8.45. The minimum atomic E-state index is -0.171. The van der Waals surface area contributed by atoms with Crippen molar-refractivity contribution in [3.8, 4) is 0 Å². The third-order valence-electron chi connectivity index (χ3n) is 1.89. The van der Waals surface area contributed by atoms with Gasteiger partial charge in [0, 0.05) is 22.8 Å². The van der Waals surface area contributed by atoms with E-state index in [0.29, 0.717) is 11.4 Å². The van der Waals surface area contributed by atoms with Crippen molar-refractivity contribution in [3.05, 3.63) is 18.5 Å². The van der Waals surface area contributed by atoms with Gasteiger partial charge in [-0.2, -0.15) is 0 Å². The number of carbonyl (C=O) groups is 1. The van der Waals surface area contributed by atoms with Crippen molar-refractivity contribution in [2.75, 3.05) is 11.5 Å². The van der Waals surface area contributed by atoms with Crippen LogP contribution in [-0.2, 0) is 4.79 Å². The molecule has 1 aromatic rings. The SMILES string of the molecule is CC(CSc1ccncc1N)C(=O)NN. The number of nitrogen functional groups attached to an aromatic ring is 1. The smallest absolute Gasteiger partial charge is 0.237 e. The fourth-order valence-electron chi connectivity index (χ4n) is 0.958. The molecule has 0 saturated carbocycles. The molecule has 0 aliphatic rings. The van der Waals surface area contributed by atoms with Crippen LogP contribution >= 0.6 is 11.8 Å². The Morgan fingerprint density at radius 1 is 1.73 bits per heavy atom. The summed E-state index contributed by atoms with van der Waals surface area (Å²) >= 11 is 1.52. The van der Waals surface area contributed by atoms with Gasteiger partial charge in [0.25, 0.3) is 0 Å². The number of anilines is 1. The zero-order valence-electron chi connectivity index (χ0n) is 8.43. The first-order valence-corrected chi connectivity index (χ1v) is 5.46. The number of carbonyl (C=O) groups excluding carboxylic acids is 1. The minimum absolute atomic E-state index is 0.146. The number of nitrogens with one attached hydrogen (secondary N) is 1. The van der Waals surface area contributed by atoms with Crippen LogP contribution in [0.15, 0.2) is 23.4 Å². The number of nitrogens with two attached hydrogens (primary N) is 2. The molecule has 1 amide bonds.